The molecule has 3 saturated carbocycles. The lowest BCUT2D eigenvalue weighted by molar-refractivity contribution is -0.391. The minimum atomic E-state index is -0.517. The summed E-state index contributed by atoms with van der Waals surface area (Å²) in [5, 5.41) is 96.7. The second-order valence-electron chi connectivity index (χ2n) is 33.4. The van der Waals surface area contributed by atoms with E-state index in [4.69, 9.17) is 84.5 Å². The lowest BCUT2D eigenvalue weighted by Gasteiger charge is -2.18. The van der Waals surface area contributed by atoms with Crippen molar-refractivity contribution in [1.29, 1.82) is 5.26 Å². The average molecular weight is 1980 g/mol. The summed E-state index contributed by atoms with van der Waals surface area (Å²) in [6.07, 6.45) is 47.1. The Bertz CT molecular complexity index is 8220. The van der Waals surface area contributed by atoms with Crippen LogP contribution in [0.25, 0.3) is 139 Å². The van der Waals surface area contributed by atoms with Crippen LogP contribution >= 0.6 is 12.4 Å². The van der Waals surface area contributed by atoms with Crippen molar-refractivity contribution in [2.75, 3.05) is 43.5 Å². The van der Waals surface area contributed by atoms with Crippen LogP contribution in [-0.4, -0.2) is 158 Å². The lowest BCUT2D eigenvalue weighted by atomic mass is 9.98. The van der Waals surface area contributed by atoms with Crippen LogP contribution in [0.3, 0.4) is 0 Å². The second kappa shape index (κ2) is 46.9. The molecule has 18 aromatic heterocycles. The Labute approximate surface area is 838 Å². The molecule has 18 aromatic rings. The molecular formula is C98H92ClN39O8. The van der Waals surface area contributed by atoms with E-state index in [1.807, 2.05) is 86.0 Å². The van der Waals surface area contributed by atoms with E-state index in [0.717, 1.165) is 75.6 Å². The molecule has 3 fully saturated rings. The van der Waals surface area contributed by atoms with Crippen LogP contribution in [0.2, 0.25) is 0 Å². The first-order valence-corrected chi connectivity index (χ1v) is 45.7. The molecule has 48 heteroatoms. The number of nitro groups is 3. The van der Waals surface area contributed by atoms with Crippen LogP contribution < -0.4 is 17.2 Å². The van der Waals surface area contributed by atoms with Crippen molar-refractivity contribution in [3.8, 4) is 72.8 Å². The first-order chi connectivity index (χ1) is 70.5. The SMILES string of the molecule is Cl.N#C/C=C\C1CCCC1.[C-]#[N+]CC(C1CCCC1)n1cc(-c2c([N+]#[C-])cnn3c(N)ccc23)cn1.[C-]#[N+]CC(C1CCCC1)n1cc(-c2c([N+]#[C-])cnn3c([N+](=O)[O-])ccc23)cn1.[C-]#[N+]c1cnn2c(N)ccc2c1-c1cn[nH]c1.[C-]#[N+]c1cnn2c(N)ccc2c1-c1cnn(C(C)OCC)c1.[C-]#[N+]c1cnn2c([N+](=O)[O-])ccc2c1-c1cn[nH]c1.[C-]#[N+]c1cnn2c([N+](=O)[O-])ccc2c1-c1cnn(C(C)OCC)c1. The van der Waals surface area contributed by atoms with Gasteiger partial charge in [-0.3, -0.25) is 19.6 Å². The van der Waals surface area contributed by atoms with Crippen molar-refractivity contribution in [3.63, 3.8) is 0 Å². The Hall–Kier alpha value is -19.6. The van der Waals surface area contributed by atoms with Gasteiger partial charge >= 0.3 is 17.5 Å². The molecule has 0 aromatic carbocycles. The minimum Gasteiger partial charge on any atom is -0.384 e. The van der Waals surface area contributed by atoms with E-state index in [1.54, 1.807) is 121 Å². The molecule has 18 heterocycles. The van der Waals surface area contributed by atoms with Crippen LogP contribution in [0.15, 0.2) is 196 Å². The summed E-state index contributed by atoms with van der Waals surface area (Å²) in [4.78, 5) is 60.0. The van der Waals surface area contributed by atoms with Gasteiger partial charge < -0.3 is 66.7 Å². The van der Waals surface area contributed by atoms with Gasteiger partial charge in [0.1, 0.15) is 42.0 Å². The van der Waals surface area contributed by atoms with E-state index in [2.05, 4.69) is 110 Å². The molecule has 0 amide bonds. The fourth-order valence-electron chi connectivity index (χ4n) is 18.2. The van der Waals surface area contributed by atoms with E-state index in [0.29, 0.717) is 146 Å². The normalized spacial score (nSPS) is 13.5. The number of fused-ring (bicyclic) bond motifs is 6. The van der Waals surface area contributed by atoms with Gasteiger partial charge in [-0.15, -0.1) is 12.4 Å². The molecule has 8 N–H and O–H groups in total. The fourth-order valence-corrected chi connectivity index (χ4v) is 18.2. The fraction of sp³-hybridized carbons (Fsp3) is 0.276. The van der Waals surface area contributed by atoms with Gasteiger partial charge in [0.25, 0.3) is 0 Å². The molecule has 4 unspecified atom stereocenters. The quantitative estimate of drug-likeness (QED) is 0.0182. The van der Waals surface area contributed by atoms with Gasteiger partial charge in [-0.2, -0.15) is 51.2 Å². The van der Waals surface area contributed by atoms with Crippen LogP contribution in [0.5, 0.6) is 0 Å². The second-order valence-corrected chi connectivity index (χ2v) is 33.4. The number of aromatic nitrogens is 24. The third kappa shape index (κ3) is 21.7. The number of H-pyrrole nitrogens is 2. The number of rotatable bonds is 22. The number of nitrogens with zero attached hydrogens (tertiary/aromatic N) is 34. The summed E-state index contributed by atoms with van der Waals surface area (Å²) < 4.78 is 26.6. The molecule has 21 rings (SSSR count). The number of halogens is 1. The predicted molar refractivity (Wildman–Crippen MR) is 544 cm³/mol. The Morgan fingerprint density at radius 3 is 0.932 bits per heavy atom. The van der Waals surface area contributed by atoms with Gasteiger partial charge in [0.2, 0.25) is 47.2 Å². The highest BCUT2D eigenvalue weighted by atomic mass is 35.5. The number of hydrogen-bond acceptors (Lipinski definition) is 24. The molecular weight excluding hydrogens is 1890 g/mol. The highest BCUT2D eigenvalue weighted by Crippen LogP contribution is 2.45. The van der Waals surface area contributed by atoms with Crippen molar-refractivity contribution in [2.45, 2.75) is 129 Å². The molecule has 47 nitrogen and oxygen atoms in total. The summed E-state index contributed by atoms with van der Waals surface area (Å²) in [6, 6.07) is 21.9. The van der Waals surface area contributed by atoms with Gasteiger partial charge in [0, 0.05) is 141 Å². The molecule has 3 aliphatic rings. The smallest absolute Gasteiger partial charge is 0.348 e. The van der Waals surface area contributed by atoms with Crippen LogP contribution in [0, 0.1) is 112 Å². The monoisotopic (exact) mass is 1980 g/mol. The molecule has 0 aliphatic heterocycles. The zero-order chi connectivity index (χ0) is 102. The van der Waals surface area contributed by atoms with Crippen molar-refractivity contribution >= 4 is 115 Å². The average Bonchev–Trinajstić information content (AvgIpc) is 1.67. The number of allylic oxidation sites excluding steroid dienone is 2. The van der Waals surface area contributed by atoms with Crippen LogP contribution in [-0.2, 0) is 9.47 Å². The minimum absolute atomic E-state index is 0. The molecule has 734 valence electrons. The molecule has 146 heavy (non-hydrogen) atoms. The van der Waals surface area contributed by atoms with E-state index in [-0.39, 0.29) is 54.4 Å². The lowest BCUT2D eigenvalue weighted by Crippen LogP contribution is -2.20. The Morgan fingerprint density at radius 1 is 0.397 bits per heavy atom. The van der Waals surface area contributed by atoms with Crippen molar-refractivity contribution in [2.24, 2.45) is 17.8 Å². The number of nitriles is 1. The Morgan fingerprint density at radius 2 is 0.664 bits per heavy atom. The first-order valence-electron chi connectivity index (χ1n) is 45.7. The molecule has 0 saturated heterocycles. The number of ether oxygens (including phenoxy) is 2. The van der Waals surface area contributed by atoms with Crippen molar-refractivity contribution in [3.05, 3.63) is 318 Å². The first kappa shape index (κ1) is 102. The van der Waals surface area contributed by atoms with Gasteiger partial charge in [-0.25, -0.2) is 65.1 Å². The van der Waals surface area contributed by atoms with Gasteiger partial charge in [0.05, 0.1) is 136 Å². The number of nitrogen functional groups attached to an aromatic ring is 3. The van der Waals surface area contributed by atoms with Gasteiger partial charge in [-0.05, 0) is 153 Å². The predicted octanol–water partition coefficient (Wildman–Crippen LogP) is 21.1. The topological polar surface area (TPSA) is 517 Å². The summed E-state index contributed by atoms with van der Waals surface area (Å²) in [7, 11) is 0. The van der Waals surface area contributed by atoms with E-state index < -0.39 is 14.8 Å². The van der Waals surface area contributed by atoms with E-state index in [1.165, 1.54) is 120 Å². The summed E-state index contributed by atoms with van der Waals surface area (Å²) >= 11 is 0. The molecule has 0 spiro atoms. The van der Waals surface area contributed by atoms with Gasteiger partial charge in [-0.1, -0.05) is 73.4 Å². The molecule has 0 radical (unpaired) electrons. The number of nitrogens with one attached hydrogen (secondary N) is 2. The van der Waals surface area contributed by atoms with E-state index in [9.17, 15) is 30.3 Å². The Kier molecular flexibility index (Phi) is 32.8. The highest BCUT2D eigenvalue weighted by molar-refractivity contribution is 5.96. The zero-order valence-electron chi connectivity index (χ0n) is 78.9. The molecule has 3 aliphatic carbocycles. The number of aromatic amines is 2. The van der Waals surface area contributed by atoms with Crippen LogP contribution in [0.4, 0.5) is 69.0 Å². The molecule has 0 bridgehead atoms. The number of hydrogen-bond donors (Lipinski definition) is 5. The summed E-state index contributed by atoms with van der Waals surface area (Å²) in [5.41, 5.74) is 32.5. The van der Waals surface area contributed by atoms with Crippen molar-refractivity contribution in [1.82, 2.24) is 117 Å². The number of nitrogens with two attached hydrogens (primary N) is 3. The highest BCUT2D eigenvalue weighted by Gasteiger charge is 2.34. The largest absolute Gasteiger partial charge is 0.384 e. The van der Waals surface area contributed by atoms with Crippen LogP contribution in [0.1, 0.15) is 129 Å². The number of anilines is 3. The van der Waals surface area contributed by atoms with E-state index >= 15 is 0 Å². The maximum absolute atomic E-state index is 11.2. The Balaban J connectivity index is 0.000000137. The van der Waals surface area contributed by atoms with Gasteiger partial charge in [0.15, 0.2) is 16.6 Å². The molecule has 4 atom stereocenters. The summed E-state index contributed by atoms with van der Waals surface area (Å²) in [6.45, 7) is 68.2. The standard InChI is InChI=1S/C19H17N7O2.C19H19N7.C15H14N6O3.C15H16N6O.C11H6N6O2.C11H8N6.C8H11N.ClH/c1-20-11-17(13-5-3-4-6-13)24-12-14(9-22-24)19-15(21-2)10-23-25-16(19)7-8-18(25)26(27)28;1-21-11-17(13-5-3-4-6-13)25-12-14(9-23-25)19-15(22-2)10-24-26-16(19)7-8-18(26)20;1-4-24-10(2)19-9-11(7-17-19)15-12(16-3)8-18-20-13(15)5-6-14(20)21(22)23;1-4-22-10(2)20-9-11(7-18-20)15-12(17-3)8-19-21-13(15)5-6-14(21)16;1-12-8-6-15-16-9(2-3-10(16)17(18)19)11(8)7-4-13-14-5-7;1-13-8-6-16-17-9(2-3-10(17)12)11(8)7-4-14-15-5-7;9-7-3-6-8-4-1-2-5-8;/h7-10,12-13,17H,3-6,11H2;7-10,12-13,17H,3-6,11,20H2;5-10H,4H2,1-2H3;5-10H,4,16H2,1-2H3;2-6H,(H,13,14);2-6H,12H2,(H,14,15);3,6,8H,1-2,4-5H2;1H/b;;;;;;6-3-;. The zero-order valence-corrected chi connectivity index (χ0v) is 79.8. The summed E-state index contributed by atoms with van der Waals surface area (Å²) in [5.74, 6) is 2.79. The third-order valence-electron chi connectivity index (χ3n) is 25.0. The van der Waals surface area contributed by atoms with Crippen molar-refractivity contribution < 1.29 is 24.2 Å². The third-order valence-corrected chi connectivity index (χ3v) is 25.0. The maximum Gasteiger partial charge on any atom is 0.348 e. The maximum atomic E-state index is 11.2.